The highest BCUT2D eigenvalue weighted by Gasteiger charge is 2.12. The highest BCUT2D eigenvalue weighted by molar-refractivity contribution is 6.14. The minimum absolute atomic E-state index is 0.0822. The average molecular weight is 198 g/mol. The van der Waals surface area contributed by atoms with Crippen molar-refractivity contribution in [1.29, 1.82) is 0 Å². The Morgan fingerprint density at radius 2 is 2.38 bits per heavy atom. The van der Waals surface area contributed by atoms with E-state index in [1.54, 1.807) is 12.3 Å². The standard InChI is InChI=1S/C8H8ClN3O/c9-12-2-1-6-5(4-12)7(13)3-8(10)11-6/h1-3H,4H2,(H3,10,11,13). The van der Waals surface area contributed by atoms with E-state index in [1.807, 2.05) is 0 Å². The van der Waals surface area contributed by atoms with Crippen LogP contribution in [-0.2, 0) is 6.54 Å². The number of nitrogens with one attached hydrogen (secondary N) is 1. The summed E-state index contributed by atoms with van der Waals surface area (Å²) in [7, 11) is 0. The van der Waals surface area contributed by atoms with Crippen molar-refractivity contribution in [3.05, 3.63) is 33.7 Å². The topological polar surface area (TPSA) is 62.1 Å². The SMILES string of the molecule is Nc1cc(=O)c2c([nH]1)C=CN(Cl)C2. The largest absolute Gasteiger partial charge is 0.385 e. The maximum absolute atomic E-state index is 11.4. The monoisotopic (exact) mass is 197 g/mol. The van der Waals surface area contributed by atoms with Gasteiger partial charge in [0.1, 0.15) is 5.82 Å². The molecule has 3 N–H and O–H groups in total. The zero-order chi connectivity index (χ0) is 9.42. The first kappa shape index (κ1) is 8.19. The van der Waals surface area contributed by atoms with Crippen LogP contribution >= 0.6 is 11.8 Å². The molecule has 2 heterocycles. The third-order valence-corrected chi connectivity index (χ3v) is 2.13. The number of hydrogen-bond acceptors (Lipinski definition) is 3. The van der Waals surface area contributed by atoms with Crippen molar-refractivity contribution in [2.24, 2.45) is 0 Å². The molecule has 68 valence electrons. The predicted octanol–water partition coefficient (Wildman–Crippen LogP) is 0.897. The number of nitrogens with two attached hydrogens (primary N) is 1. The second-order valence-corrected chi connectivity index (χ2v) is 3.29. The van der Waals surface area contributed by atoms with Crippen molar-refractivity contribution in [2.75, 3.05) is 5.73 Å². The van der Waals surface area contributed by atoms with E-state index in [-0.39, 0.29) is 5.43 Å². The van der Waals surface area contributed by atoms with Gasteiger partial charge in [0, 0.05) is 29.6 Å². The fourth-order valence-corrected chi connectivity index (χ4v) is 1.47. The molecular weight excluding hydrogens is 190 g/mol. The lowest BCUT2D eigenvalue weighted by molar-refractivity contribution is 0.589. The molecule has 0 aliphatic carbocycles. The smallest absolute Gasteiger partial charge is 0.189 e. The molecule has 0 saturated carbocycles. The van der Waals surface area contributed by atoms with Gasteiger partial charge in [-0.15, -0.1) is 0 Å². The number of hydrogen-bond donors (Lipinski definition) is 2. The van der Waals surface area contributed by atoms with Gasteiger partial charge >= 0.3 is 0 Å². The summed E-state index contributed by atoms with van der Waals surface area (Å²) in [5.41, 5.74) is 6.78. The van der Waals surface area contributed by atoms with Crippen LogP contribution in [0.4, 0.5) is 5.82 Å². The number of fused-ring (bicyclic) bond motifs is 1. The van der Waals surface area contributed by atoms with E-state index in [4.69, 9.17) is 17.5 Å². The van der Waals surface area contributed by atoms with Gasteiger partial charge in [-0.05, 0) is 6.08 Å². The Kier molecular flexibility index (Phi) is 1.77. The molecule has 0 amide bonds. The lowest BCUT2D eigenvalue weighted by atomic mass is 10.1. The molecule has 0 unspecified atom stereocenters. The Labute approximate surface area is 79.7 Å². The van der Waals surface area contributed by atoms with Gasteiger partial charge in [-0.1, -0.05) is 0 Å². The van der Waals surface area contributed by atoms with Crippen LogP contribution in [0.5, 0.6) is 0 Å². The molecule has 1 aliphatic heterocycles. The zero-order valence-corrected chi connectivity index (χ0v) is 7.51. The summed E-state index contributed by atoms with van der Waals surface area (Å²) >= 11 is 5.72. The molecule has 0 aromatic carbocycles. The average Bonchev–Trinajstić information content (AvgIpc) is 2.06. The number of H-pyrrole nitrogens is 1. The van der Waals surface area contributed by atoms with E-state index >= 15 is 0 Å². The number of pyridine rings is 1. The van der Waals surface area contributed by atoms with Gasteiger partial charge < -0.3 is 10.7 Å². The Morgan fingerprint density at radius 3 is 3.15 bits per heavy atom. The molecule has 1 aromatic heterocycles. The van der Waals surface area contributed by atoms with Crippen LogP contribution in [0.1, 0.15) is 11.3 Å². The minimum atomic E-state index is -0.0822. The third kappa shape index (κ3) is 1.40. The molecule has 2 rings (SSSR count). The van der Waals surface area contributed by atoms with Gasteiger partial charge in [0.2, 0.25) is 0 Å². The van der Waals surface area contributed by atoms with Crippen LogP contribution in [0, 0.1) is 0 Å². The molecular formula is C8H8ClN3O. The van der Waals surface area contributed by atoms with Crippen molar-refractivity contribution >= 4 is 23.7 Å². The van der Waals surface area contributed by atoms with E-state index in [0.717, 1.165) is 5.69 Å². The molecule has 0 saturated heterocycles. The second kappa shape index (κ2) is 2.81. The van der Waals surface area contributed by atoms with Crippen molar-refractivity contribution in [1.82, 2.24) is 9.40 Å². The quantitative estimate of drug-likeness (QED) is 0.608. The predicted molar refractivity (Wildman–Crippen MR) is 51.9 cm³/mol. The number of rotatable bonds is 0. The molecule has 1 aromatic rings. The fourth-order valence-electron chi connectivity index (χ4n) is 1.29. The Hall–Kier alpha value is -1.42. The maximum atomic E-state index is 11.4. The number of nitrogen functional groups attached to an aromatic ring is 1. The number of aromatic amines is 1. The molecule has 0 spiro atoms. The van der Waals surface area contributed by atoms with Gasteiger partial charge in [0.15, 0.2) is 5.43 Å². The Balaban J connectivity index is 2.63. The van der Waals surface area contributed by atoms with Crippen LogP contribution < -0.4 is 11.2 Å². The van der Waals surface area contributed by atoms with Crippen molar-refractivity contribution in [2.45, 2.75) is 6.54 Å². The molecule has 5 heteroatoms. The summed E-state index contributed by atoms with van der Waals surface area (Å²) in [6.07, 6.45) is 3.41. The van der Waals surface area contributed by atoms with Crippen LogP contribution in [0.25, 0.3) is 6.08 Å². The third-order valence-electron chi connectivity index (χ3n) is 1.90. The van der Waals surface area contributed by atoms with E-state index in [2.05, 4.69) is 4.98 Å². The summed E-state index contributed by atoms with van der Waals surface area (Å²) < 4.78 is 1.42. The Morgan fingerprint density at radius 1 is 1.62 bits per heavy atom. The number of nitrogens with zero attached hydrogens (tertiary/aromatic N) is 1. The van der Waals surface area contributed by atoms with E-state index < -0.39 is 0 Å². The summed E-state index contributed by atoms with van der Waals surface area (Å²) in [5.74, 6) is 0.372. The minimum Gasteiger partial charge on any atom is -0.385 e. The van der Waals surface area contributed by atoms with Gasteiger partial charge in [-0.3, -0.25) is 9.21 Å². The first-order valence-electron chi connectivity index (χ1n) is 3.79. The summed E-state index contributed by atoms with van der Waals surface area (Å²) in [6.45, 7) is 0.406. The summed E-state index contributed by atoms with van der Waals surface area (Å²) in [6, 6.07) is 1.36. The van der Waals surface area contributed by atoms with Crippen LogP contribution in [0.15, 0.2) is 17.1 Å². The van der Waals surface area contributed by atoms with Gasteiger partial charge in [0.05, 0.1) is 12.2 Å². The van der Waals surface area contributed by atoms with Crippen molar-refractivity contribution in [3.8, 4) is 0 Å². The molecule has 0 fully saturated rings. The first-order chi connectivity index (χ1) is 6.16. The molecule has 4 nitrogen and oxygen atoms in total. The van der Waals surface area contributed by atoms with Crippen molar-refractivity contribution < 1.29 is 0 Å². The number of halogens is 1. The normalized spacial score (nSPS) is 14.4. The molecule has 0 atom stereocenters. The van der Waals surface area contributed by atoms with Crippen LogP contribution in [-0.4, -0.2) is 9.40 Å². The van der Waals surface area contributed by atoms with E-state index in [9.17, 15) is 4.79 Å². The summed E-state index contributed by atoms with van der Waals surface area (Å²) in [4.78, 5) is 14.3. The van der Waals surface area contributed by atoms with Gasteiger partial charge in [0.25, 0.3) is 0 Å². The zero-order valence-electron chi connectivity index (χ0n) is 6.75. The van der Waals surface area contributed by atoms with Crippen LogP contribution in [0.2, 0.25) is 0 Å². The first-order valence-corrected chi connectivity index (χ1v) is 4.13. The fraction of sp³-hybridized carbons (Fsp3) is 0.125. The van der Waals surface area contributed by atoms with Gasteiger partial charge in [-0.25, -0.2) is 0 Å². The van der Waals surface area contributed by atoms with E-state index in [1.165, 1.54) is 10.5 Å². The molecule has 13 heavy (non-hydrogen) atoms. The highest BCUT2D eigenvalue weighted by Crippen LogP contribution is 2.16. The second-order valence-electron chi connectivity index (χ2n) is 2.85. The molecule has 0 bridgehead atoms. The lowest BCUT2D eigenvalue weighted by Crippen LogP contribution is -2.20. The van der Waals surface area contributed by atoms with E-state index in [0.29, 0.717) is 17.9 Å². The number of aromatic nitrogens is 1. The highest BCUT2D eigenvalue weighted by atomic mass is 35.5. The summed E-state index contributed by atoms with van der Waals surface area (Å²) in [5, 5.41) is 0. The molecule has 1 aliphatic rings. The lowest BCUT2D eigenvalue weighted by Gasteiger charge is -2.17. The van der Waals surface area contributed by atoms with Gasteiger partial charge in [-0.2, -0.15) is 0 Å². The number of anilines is 1. The Bertz CT molecular complexity index is 424. The van der Waals surface area contributed by atoms with Crippen molar-refractivity contribution in [3.63, 3.8) is 0 Å². The molecule has 0 radical (unpaired) electrons. The maximum Gasteiger partial charge on any atom is 0.189 e. The van der Waals surface area contributed by atoms with Crippen LogP contribution in [0.3, 0.4) is 0 Å².